The number of rotatable bonds is 3. The molecule has 0 unspecified atom stereocenters. The van der Waals surface area contributed by atoms with Crippen LogP contribution in [0.25, 0.3) is 0 Å². The Bertz CT molecular complexity index is 441. The first kappa shape index (κ1) is 10.7. The molecule has 0 aromatic carbocycles. The maximum atomic E-state index is 4.33. The van der Waals surface area contributed by atoms with Gasteiger partial charge in [-0.1, -0.05) is 0 Å². The van der Waals surface area contributed by atoms with Crippen LogP contribution in [0.1, 0.15) is 11.3 Å². The number of aromatic nitrogens is 2. The van der Waals surface area contributed by atoms with E-state index in [1.807, 2.05) is 24.7 Å². The lowest BCUT2D eigenvalue weighted by Gasteiger charge is -2.00. The molecule has 15 heavy (non-hydrogen) atoms. The minimum atomic E-state index is 0.806. The zero-order chi connectivity index (χ0) is 10.8. The molecule has 0 radical (unpaired) electrons. The van der Waals surface area contributed by atoms with Crippen molar-refractivity contribution in [2.24, 2.45) is 7.05 Å². The van der Waals surface area contributed by atoms with Crippen molar-refractivity contribution in [1.82, 2.24) is 9.78 Å². The molecule has 0 saturated heterocycles. The summed E-state index contributed by atoms with van der Waals surface area (Å²) in [5, 5.41) is 11.8. The third-order valence-electron chi connectivity index (χ3n) is 2.26. The minimum Gasteiger partial charge on any atom is -0.364 e. The van der Waals surface area contributed by atoms with E-state index < -0.39 is 0 Å². The molecule has 0 spiro atoms. The highest BCUT2D eigenvalue weighted by Crippen LogP contribution is 2.22. The molecule has 2 aromatic heterocycles. The summed E-state index contributed by atoms with van der Waals surface area (Å²) in [5.74, 6) is 0.924. The van der Waals surface area contributed by atoms with Gasteiger partial charge in [-0.2, -0.15) is 16.4 Å². The highest BCUT2D eigenvalue weighted by Gasteiger charge is 2.03. The number of hydrogen-bond acceptors (Lipinski definition) is 3. The van der Waals surface area contributed by atoms with Crippen LogP contribution in [0.4, 0.5) is 5.82 Å². The summed E-state index contributed by atoms with van der Waals surface area (Å²) in [6, 6.07) is 2.04. The van der Waals surface area contributed by atoms with Gasteiger partial charge in [-0.25, -0.2) is 0 Å². The second kappa shape index (κ2) is 4.37. The number of nitrogens with one attached hydrogen (secondary N) is 1. The standard InChI is InChI=1S/C10H12BrN3S/c1-7-3-10(13-14(7)2)12-4-8-5-15-6-9(8)11/h3,5-6H,4H2,1-2H3,(H,12,13). The van der Waals surface area contributed by atoms with Crippen LogP contribution >= 0.6 is 27.3 Å². The van der Waals surface area contributed by atoms with E-state index in [2.05, 4.69) is 37.1 Å². The van der Waals surface area contributed by atoms with Crippen molar-refractivity contribution in [3.8, 4) is 0 Å². The first-order valence-electron chi connectivity index (χ1n) is 4.62. The Morgan fingerprint density at radius 1 is 1.53 bits per heavy atom. The lowest BCUT2D eigenvalue weighted by molar-refractivity contribution is 0.741. The summed E-state index contributed by atoms with van der Waals surface area (Å²) in [5.41, 5.74) is 2.42. The molecule has 3 nitrogen and oxygen atoms in total. The summed E-state index contributed by atoms with van der Waals surface area (Å²) >= 11 is 5.20. The van der Waals surface area contributed by atoms with E-state index in [-0.39, 0.29) is 0 Å². The van der Waals surface area contributed by atoms with Gasteiger partial charge in [0.05, 0.1) is 0 Å². The predicted molar refractivity (Wildman–Crippen MR) is 67.3 cm³/mol. The highest BCUT2D eigenvalue weighted by atomic mass is 79.9. The summed E-state index contributed by atoms with van der Waals surface area (Å²) in [7, 11) is 1.95. The largest absolute Gasteiger partial charge is 0.364 e. The van der Waals surface area contributed by atoms with Crippen LogP contribution in [0.2, 0.25) is 0 Å². The van der Waals surface area contributed by atoms with E-state index >= 15 is 0 Å². The zero-order valence-corrected chi connectivity index (χ0v) is 11.0. The molecule has 2 aromatic rings. The van der Waals surface area contributed by atoms with E-state index in [9.17, 15) is 0 Å². The summed E-state index contributed by atoms with van der Waals surface area (Å²) in [6.07, 6.45) is 0. The molecule has 0 aliphatic heterocycles. The van der Waals surface area contributed by atoms with Crippen LogP contribution in [0.15, 0.2) is 21.3 Å². The number of thiophene rings is 1. The fourth-order valence-corrected chi connectivity index (χ4v) is 2.71. The Kier molecular flexibility index (Phi) is 3.11. The van der Waals surface area contributed by atoms with Crippen molar-refractivity contribution in [3.05, 3.63) is 32.6 Å². The van der Waals surface area contributed by atoms with Gasteiger partial charge in [0, 0.05) is 35.2 Å². The normalized spacial score (nSPS) is 10.6. The quantitative estimate of drug-likeness (QED) is 0.939. The average Bonchev–Trinajstić information content (AvgIpc) is 2.72. The maximum absolute atomic E-state index is 4.33. The topological polar surface area (TPSA) is 29.9 Å². The molecule has 0 aliphatic carbocycles. The molecule has 0 aliphatic rings. The van der Waals surface area contributed by atoms with Crippen molar-refractivity contribution in [2.75, 3.05) is 5.32 Å². The molecule has 2 heterocycles. The van der Waals surface area contributed by atoms with Gasteiger partial charge in [-0.15, -0.1) is 0 Å². The van der Waals surface area contributed by atoms with E-state index in [0.29, 0.717) is 0 Å². The summed E-state index contributed by atoms with van der Waals surface area (Å²) in [6.45, 7) is 2.85. The third kappa shape index (κ3) is 2.41. The Balaban J connectivity index is 2.02. The lowest BCUT2D eigenvalue weighted by atomic mass is 10.3. The van der Waals surface area contributed by atoms with E-state index in [0.717, 1.165) is 22.5 Å². The van der Waals surface area contributed by atoms with Gasteiger partial charge < -0.3 is 5.32 Å². The molecule has 0 bridgehead atoms. The van der Waals surface area contributed by atoms with Gasteiger partial charge in [0.2, 0.25) is 0 Å². The smallest absolute Gasteiger partial charge is 0.148 e. The number of anilines is 1. The first-order chi connectivity index (χ1) is 7.16. The molecule has 0 amide bonds. The van der Waals surface area contributed by atoms with Gasteiger partial charge >= 0.3 is 0 Å². The highest BCUT2D eigenvalue weighted by molar-refractivity contribution is 9.10. The summed E-state index contributed by atoms with van der Waals surface area (Å²) < 4.78 is 3.03. The summed E-state index contributed by atoms with van der Waals surface area (Å²) in [4.78, 5) is 0. The van der Waals surface area contributed by atoms with Crippen molar-refractivity contribution >= 4 is 33.1 Å². The molecular formula is C10H12BrN3S. The van der Waals surface area contributed by atoms with Crippen molar-refractivity contribution < 1.29 is 0 Å². The molecule has 5 heteroatoms. The van der Waals surface area contributed by atoms with Gasteiger partial charge in [-0.05, 0) is 33.8 Å². The number of halogens is 1. The second-order valence-corrected chi connectivity index (χ2v) is 4.99. The Morgan fingerprint density at radius 2 is 2.33 bits per heavy atom. The van der Waals surface area contributed by atoms with E-state index in [1.165, 1.54) is 5.56 Å². The molecule has 0 fully saturated rings. The van der Waals surface area contributed by atoms with Crippen molar-refractivity contribution in [3.63, 3.8) is 0 Å². The monoisotopic (exact) mass is 285 g/mol. The van der Waals surface area contributed by atoms with Crippen LogP contribution in [-0.2, 0) is 13.6 Å². The Hall–Kier alpha value is -0.810. The first-order valence-corrected chi connectivity index (χ1v) is 6.35. The van der Waals surface area contributed by atoms with E-state index in [4.69, 9.17) is 0 Å². The fourth-order valence-electron chi connectivity index (χ4n) is 1.27. The minimum absolute atomic E-state index is 0.806. The van der Waals surface area contributed by atoms with Crippen LogP contribution in [0.5, 0.6) is 0 Å². The van der Waals surface area contributed by atoms with Crippen LogP contribution in [-0.4, -0.2) is 9.78 Å². The maximum Gasteiger partial charge on any atom is 0.148 e. The van der Waals surface area contributed by atoms with Crippen LogP contribution in [0.3, 0.4) is 0 Å². The number of hydrogen-bond donors (Lipinski definition) is 1. The SMILES string of the molecule is Cc1cc(NCc2cscc2Br)nn1C. The predicted octanol–water partition coefficient (Wildman–Crippen LogP) is 3.16. The molecule has 80 valence electrons. The van der Waals surface area contributed by atoms with Crippen LogP contribution < -0.4 is 5.32 Å². The van der Waals surface area contributed by atoms with E-state index in [1.54, 1.807) is 11.3 Å². The van der Waals surface area contributed by atoms with Gasteiger partial charge in [0.25, 0.3) is 0 Å². The molecular weight excluding hydrogens is 274 g/mol. The van der Waals surface area contributed by atoms with Crippen molar-refractivity contribution in [2.45, 2.75) is 13.5 Å². The van der Waals surface area contributed by atoms with Gasteiger partial charge in [0.15, 0.2) is 0 Å². The number of nitrogens with zero attached hydrogens (tertiary/aromatic N) is 2. The van der Waals surface area contributed by atoms with Gasteiger partial charge in [-0.3, -0.25) is 4.68 Å². The molecule has 2 rings (SSSR count). The third-order valence-corrected chi connectivity index (χ3v) is 4.10. The Morgan fingerprint density at radius 3 is 2.87 bits per heavy atom. The second-order valence-electron chi connectivity index (χ2n) is 3.39. The molecule has 0 saturated carbocycles. The number of aryl methyl sites for hydroxylation is 2. The van der Waals surface area contributed by atoms with Gasteiger partial charge in [0.1, 0.15) is 5.82 Å². The Labute approximate surface area is 101 Å². The average molecular weight is 286 g/mol. The fraction of sp³-hybridized carbons (Fsp3) is 0.300. The lowest BCUT2D eigenvalue weighted by Crippen LogP contribution is -2.00. The molecule has 0 atom stereocenters. The van der Waals surface area contributed by atoms with Crippen LogP contribution in [0, 0.1) is 6.92 Å². The van der Waals surface area contributed by atoms with Crippen molar-refractivity contribution in [1.29, 1.82) is 0 Å². The zero-order valence-electron chi connectivity index (χ0n) is 8.62. The molecule has 1 N–H and O–H groups in total.